The highest BCUT2D eigenvalue weighted by atomic mass is 16.7. The van der Waals surface area contributed by atoms with E-state index in [0.29, 0.717) is 37.5 Å². The molecule has 8 heteroatoms. The first kappa shape index (κ1) is 24.9. The zero-order chi connectivity index (χ0) is 26.9. The Kier molecular flexibility index (Phi) is 5.84. The van der Waals surface area contributed by atoms with Gasteiger partial charge in [0.2, 0.25) is 0 Å². The van der Waals surface area contributed by atoms with E-state index in [1.54, 1.807) is 0 Å². The van der Waals surface area contributed by atoms with Crippen LogP contribution in [0.2, 0.25) is 0 Å². The zero-order valence-corrected chi connectivity index (χ0v) is 23.1. The summed E-state index contributed by atoms with van der Waals surface area (Å²) in [5, 5.41) is 14.4. The maximum Gasteiger partial charge on any atom is 0.322 e. The minimum atomic E-state index is -0.486. The van der Waals surface area contributed by atoms with Crippen molar-refractivity contribution in [2.24, 2.45) is 17.8 Å². The normalized spacial score (nSPS) is 33.9. The summed E-state index contributed by atoms with van der Waals surface area (Å²) in [4.78, 5) is 20.4. The Morgan fingerprint density at radius 1 is 0.825 bits per heavy atom. The van der Waals surface area contributed by atoms with E-state index in [1.807, 2.05) is 11.0 Å². The molecule has 3 aliphatic heterocycles. The van der Waals surface area contributed by atoms with E-state index in [0.717, 1.165) is 81.6 Å². The van der Waals surface area contributed by atoms with E-state index in [-0.39, 0.29) is 17.9 Å². The van der Waals surface area contributed by atoms with Gasteiger partial charge in [0, 0.05) is 56.4 Å². The van der Waals surface area contributed by atoms with Crippen LogP contribution in [-0.2, 0) is 9.47 Å². The summed E-state index contributed by atoms with van der Waals surface area (Å²) in [5.41, 5.74) is 3.90. The molecule has 4 bridgehead atoms. The lowest BCUT2D eigenvalue weighted by Crippen LogP contribution is -2.63. The second-order valence-electron chi connectivity index (χ2n) is 13.1. The van der Waals surface area contributed by atoms with Crippen molar-refractivity contribution in [1.82, 2.24) is 5.32 Å². The number of para-hydroxylation sites is 2. The third-order valence-corrected chi connectivity index (χ3v) is 10.7. The predicted octanol–water partition coefficient (Wildman–Crippen LogP) is 4.64. The number of hydrogen-bond acceptors (Lipinski definition) is 6. The second kappa shape index (κ2) is 9.36. The van der Waals surface area contributed by atoms with Crippen LogP contribution in [0.3, 0.4) is 0 Å². The molecule has 2 aromatic rings. The molecule has 8 nitrogen and oxygen atoms in total. The first-order valence-electron chi connectivity index (χ1n) is 15.3. The highest BCUT2D eigenvalue weighted by Crippen LogP contribution is 2.55. The van der Waals surface area contributed by atoms with Gasteiger partial charge in [-0.15, -0.1) is 0 Å². The lowest BCUT2D eigenvalue weighted by atomic mass is 9.52. The van der Waals surface area contributed by atoms with Gasteiger partial charge in [-0.05, 0) is 86.3 Å². The van der Waals surface area contributed by atoms with E-state index >= 15 is 0 Å². The molecule has 0 aromatic heterocycles. The van der Waals surface area contributed by atoms with Gasteiger partial charge in [0.15, 0.2) is 5.79 Å². The third-order valence-electron chi connectivity index (χ3n) is 10.7. The summed E-state index contributed by atoms with van der Waals surface area (Å²) in [7, 11) is 0. The van der Waals surface area contributed by atoms with Crippen LogP contribution in [0.1, 0.15) is 44.9 Å². The highest BCUT2D eigenvalue weighted by Gasteiger charge is 2.55. The number of carbonyl (C=O) groups excluding carboxylic acids is 1. The van der Waals surface area contributed by atoms with Gasteiger partial charge in [-0.2, -0.15) is 0 Å². The van der Waals surface area contributed by atoms with Crippen molar-refractivity contribution in [3.63, 3.8) is 0 Å². The summed E-state index contributed by atoms with van der Waals surface area (Å²) in [5.74, 6) is 1.08. The lowest BCUT2D eigenvalue weighted by molar-refractivity contribution is -0.169. The number of carbonyl (C=O) groups is 1. The summed E-state index contributed by atoms with van der Waals surface area (Å²) >= 11 is 0. The Bertz CT molecular complexity index is 1250. The van der Waals surface area contributed by atoms with Gasteiger partial charge in [0.05, 0.1) is 30.2 Å². The summed E-state index contributed by atoms with van der Waals surface area (Å²) in [6.45, 7) is 4.64. The average molecular weight is 545 g/mol. The summed E-state index contributed by atoms with van der Waals surface area (Å²) in [6.07, 6.45) is 6.72. The third kappa shape index (κ3) is 4.18. The number of ether oxygens (including phenoxy) is 2. The Hall–Kier alpha value is -2.81. The van der Waals surface area contributed by atoms with Crippen LogP contribution in [0.4, 0.5) is 27.5 Å². The molecule has 1 spiro atoms. The van der Waals surface area contributed by atoms with E-state index < -0.39 is 5.60 Å². The zero-order valence-electron chi connectivity index (χ0n) is 23.1. The molecule has 6 fully saturated rings. The quantitative estimate of drug-likeness (QED) is 0.587. The number of hydrogen-bond donors (Lipinski definition) is 2. The summed E-state index contributed by atoms with van der Waals surface area (Å²) < 4.78 is 11.8. The molecule has 2 aromatic carbocycles. The van der Waals surface area contributed by atoms with E-state index in [1.165, 1.54) is 5.69 Å². The largest absolute Gasteiger partial charge is 0.390 e. The Morgan fingerprint density at radius 3 is 2.15 bits per heavy atom. The SMILES string of the molecule is O=C(NC1[C@@H]2CC3C[C@H]1CC(O)(C3)C2)N1CCN(c2ccc(N3CCC4(CC3)OCCO4)cc2)c2ccccc21. The molecular weight excluding hydrogens is 504 g/mol. The standard InChI is InChI=1S/C32H40N4O4/c37-30(33-29-23-17-22-18-24(29)21-31(38,19-22)20-23)36-14-13-35(27-3-1-2-4-28(27)36)26-7-5-25(6-8-26)34-11-9-32(10-12-34)39-15-16-40-32/h1-8,22-24,29,38H,9-21H2,(H,33,37)/t22?,23-,24+,29?,31?. The fraction of sp³-hybridized carbons (Fsp3) is 0.594. The molecule has 212 valence electrons. The minimum absolute atomic E-state index is 0.00463. The van der Waals surface area contributed by atoms with Crippen molar-refractivity contribution in [1.29, 1.82) is 0 Å². The number of rotatable bonds is 3. The van der Waals surface area contributed by atoms with Crippen LogP contribution in [0, 0.1) is 17.8 Å². The van der Waals surface area contributed by atoms with Gasteiger partial charge >= 0.3 is 6.03 Å². The molecular formula is C32H40N4O4. The molecule has 0 radical (unpaired) electrons. The van der Waals surface area contributed by atoms with Gasteiger partial charge in [0.1, 0.15) is 0 Å². The number of nitrogens with one attached hydrogen (secondary N) is 1. The maximum atomic E-state index is 13.7. The topological polar surface area (TPSA) is 77.5 Å². The fourth-order valence-electron chi connectivity index (χ4n) is 9.01. The molecule has 4 saturated carbocycles. The minimum Gasteiger partial charge on any atom is -0.390 e. The van der Waals surface area contributed by atoms with Crippen molar-refractivity contribution < 1.29 is 19.4 Å². The van der Waals surface area contributed by atoms with Crippen molar-refractivity contribution >= 4 is 28.8 Å². The molecule has 7 aliphatic rings. The first-order valence-corrected chi connectivity index (χ1v) is 15.3. The Labute approximate surface area is 236 Å². The van der Waals surface area contributed by atoms with Crippen LogP contribution in [0.5, 0.6) is 0 Å². The van der Waals surface area contributed by atoms with Gasteiger partial charge in [0.25, 0.3) is 0 Å². The van der Waals surface area contributed by atoms with Gasteiger partial charge in [-0.25, -0.2) is 4.79 Å². The van der Waals surface area contributed by atoms with Crippen molar-refractivity contribution in [2.75, 3.05) is 54.1 Å². The fourth-order valence-corrected chi connectivity index (χ4v) is 9.01. The van der Waals surface area contributed by atoms with Crippen molar-refractivity contribution in [3.8, 4) is 0 Å². The highest BCUT2D eigenvalue weighted by molar-refractivity contribution is 5.98. The predicted molar refractivity (Wildman–Crippen MR) is 154 cm³/mol. The number of amides is 2. The molecule has 5 atom stereocenters. The number of urea groups is 1. The van der Waals surface area contributed by atoms with Gasteiger partial charge < -0.3 is 29.7 Å². The molecule has 2 N–H and O–H groups in total. The molecule has 3 unspecified atom stereocenters. The Morgan fingerprint density at radius 2 is 1.48 bits per heavy atom. The number of nitrogens with zero attached hydrogens (tertiary/aromatic N) is 3. The van der Waals surface area contributed by atoms with Crippen molar-refractivity contribution in [2.45, 2.75) is 62.4 Å². The lowest BCUT2D eigenvalue weighted by Gasteiger charge is -2.58. The smallest absolute Gasteiger partial charge is 0.322 e. The van der Waals surface area contributed by atoms with Crippen molar-refractivity contribution in [3.05, 3.63) is 48.5 Å². The number of piperidine rings is 1. The Balaban J connectivity index is 0.965. The number of benzene rings is 2. The van der Waals surface area contributed by atoms with E-state index in [2.05, 4.69) is 57.6 Å². The second-order valence-corrected chi connectivity index (χ2v) is 13.1. The first-order chi connectivity index (χ1) is 19.5. The molecule has 3 heterocycles. The average Bonchev–Trinajstić information content (AvgIpc) is 3.42. The molecule has 4 aliphatic carbocycles. The molecule has 2 amide bonds. The maximum absolute atomic E-state index is 13.7. The van der Waals surface area contributed by atoms with Crippen LogP contribution in [0.15, 0.2) is 48.5 Å². The van der Waals surface area contributed by atoms with E-state index in [4.69, 9.17) is 9.47 Å². The number of anilines is 4. The van der Waals surface area contributed by atoms with Crippen LogP contribution in [-0.4, -0.2) is 68.0 Å². The molecule has 2 saturated heterocycles. The number of aliphatic hydroxyl groups is 1. The van der Waals surface area contributed by atoms with Gasteiger partial charge in [-0.3, -0.25) is 4.90 Å². The van der Waals surface area contributed by atoms with Gasteiger partial charge in [-0.1, -0.05) is 12.1 Å². The van der Waals surface area contributed by atoms with E-state index in [9.17, 15) is 9.90 Å². The number of fused-ring (bicyclic) bond motifs is 1. The van der Waals surface area contributed by atoms with Crippen LogP contribution >= 0.6 is 0 Å². The monoisotopic (exact) mass is 544 g/mol. The molecule has 9 rings (SSSR count). The molecule has 40 heavy (non-hydrogen) atoms. The summed E-state index contributed by atoms with van der Waals surface area (Å²) in [6, 6.07) is 17.3. The van der Waals surface area contributed by atoms with Crippen LogP contribution < -0.4 is 20.0 Å². The van der Waals surface area contributed by atoms with Crippen LogP contribution in [0.25, 0.3) is 0 Å².